The average Bonchev–Trinajstić information content (AvgIpc) is 2.02. The molecule has 13 heavy (non-hydrogen) atoms. The summed E-state index contributed by atoms with van der Waals surface area (Å²) in [7, 11) is 0. The van der Waals surface area contributed by atoms with Gasteiger partial charge in [-0.2, -0.15) is 10.4 Å². The van der Waals surface area contributed by atoms with Crippen LogP contribution < -0.4 is 5.32 Å². The molecule has 4 heteroatoms. The maximum absolute atomic E-state index is 8.76. The summed E-state index contributed by atoms with van der Waals surface area (Å²) in [6, 6.07) is 3.69. The summed E-state index contributed by atoms with van der Waals surface area (Å²) in [4.78, 5) is 0. The van der Waals surface area contributed by atoms with Gasteiger partial charge in [-0.05, 0) is 26.8 Å². The van der Waals surface area contributed by atoms with Crippen LogP contribution in [0, 0.1) is 11.3 Å². The molecule has 1 heterocycles. The first-order chi connectivity index (χ1) is 6.03. The SMILES string of the molecule is CC(C)(C)Nc1nnccc1C#N. The van der Waals surface area contributed by atoms with E-state index in [1.807, 2.05) is 20.8 Å². The number of anilines is 1. The zero-order chi connectivity index (χ0) is 9.90. The van der Waals surface area contributed by atoms with Crippen molar-refractivity contribution in [3.05, 3.63) is 17.8 Å². The molecule has 1 rings (SSSR count). The molecule has 0 radical (unpaired) electrons. The van der Waals surface area contributed by atoms with Crippen molar-refractivity contribution in [3.8, 4) is 6.07 Å². The van der Waals surface area contributed by atoms with Gasteiger partial charge >= 0.3 is 0 Å². The minimum Gasteiger partial charge on any atom is -0.363 e. The maximum Gasteiger partial charge on any atom is 0.167 e. The van der Waals surface area contributed by atoms with Crippen LogP contribution in [0.5, 0.6) is 0 Å². The molecule has 0 saturated heterocycles. The smallest absolute Gasteiger partial charge is 0.167 e. The van der Waals surface area contributed by atoms with Crippen molar-refractivity contribution in [2.24, 2.45) is 0 Å². The minimum atomic E-state index is -0.109. The van der Waals surface area contributed by atoms with Gasteiger partial charge in [0.05, 0.1) is 11.8 Å². The topological polar surface area (TPSA) is 61.6 Å². The lowest BCUT2D eigenvalue weighted by Gasteiger charge is -2.21. The van der Waals surface area contributed by atoms with Crippen molar-refractivity contribution in [3.63, 3.8) is 0 Å². The molecular weight excluding hydrogens is 164 g/mol. The first-order valence-electron chi connectivity index (χ1n) is 4.03. The van der Waals surface area contributed by atoms with E-state index in [4.69, 9.17) is 5.26 Å². The van der Waals surface area contributed by atoms with E-state index in [-0.39, 0.29) is 5.54 Å². The fourth-order valence-corrected chi connectivity index (χ4v) is 0.869. The van der Waals surface area contributed by atoms with Gasteiger partial charge in [0, 0.05) is 5.54 Å². The Balaban J connectivity index is 2.96. The lowest BCUT2D eigenvalue weighted by molar-refractivity contribution is 0.627. The summed E-state index contributed by atoms with van der Waals surface area (Å²) in [5.41, 5.74) is 0.409. The average molecular weight is 176 g/mol. The third kappa shape index (κ3) is 2.71. The summed E-state index contributed by atoms with van der Waals surface area (Å²) in [5.74, 6) is 0.539. The molecule has 0 atom stereocenters. The van der Waals surface area contributed by atoms with Gasteiger partial charge in [-0.1, -0.05) is 0 Å². The van der Waals surface area contributed by atoms with Crippen LogP contribution in [-0.2, 0) is 0 Å². The van der Waals surface area contributed by atoms with Gasteiger partial charge in [-0.3, -0.25) is 0 Å². The first kappa shape index (κ1) is 9.46. The lowest BCUT2D eigenvalue weighted by atomic mass is 10.1. The summed E-state index contributed by atoms with van der Waals surface area (Å²) in [6.07, 6.45) is 1.51. The van der Waals surface area contributed by atoms with Gasteiger partial charge in [0.25, 0.3) is 0 Å². The third-order valence-electron chi connectivity index (χ3n) is 1.33. The molecule has 0 unspecified atom stereocenters. The number of hydrogen-bond acceptors (Lipinski definition) is 4. The Labute approximate surface area is 77.6 Å². The van der Waals surface area contributed by atoms with Crippen LogP contribution in [0.1, 0.15) is 26.3 Å². The van der Waals surface area contributed by atoms with Crippen molar-refractivity contribution in [2.45, 2.75) is 26.3 Å². The Hall–Kier alpha value is -1.63. The van der Waals surface area contributed by atoms with Gasteiger partial charge in [-0.15, -0.1) is 5.10 Å². The van der Waals surface area contributed by atoms with E-state index < -0.39 is 0 Å². The molecule has 0 bridgehead atoms. The van der Waals surface area contributed by atoms with Crippen LogP contribution in [0.4, 0.5) is 5.82 Å². The van der Waals surface area contributed by atoms with E-state index in [1.54, 1.807) is 6.07 Å². The summed E-state index contributed by atoms with van der Waals surface area (Å²) >= 11 is 0. The number of nitrogens with one attached hydrogen (secondary N) is 1. The van der Waals surface area contributed by atoms with Crippen molar-refractivity contribution in [2.75, 3.05) is 5.32 Å². The summed E-state index contributed by atoms with van der Waals surface area (Å²) in [5, 5.41) is 19.4. The van der Waals surface area contributed by atoms with Crippen molar-refractivity contribution in [1.29, 1.82) is 5.26 Å². The molecule has 0 amide bonds. The molecule has 1 N–H and O–H groups in total. The highest BCUT2D eigenvalue weighted by atomic mass is 15.2. The van der Waals surface area contributed by atoms with Crippen LogP contribution in [-0.4, -0.2) is 15.7 Å². The van der Waals surface area contributed by atoms with Gasteiger partial charge in [0.1, 0.15) is 6.07 Å². The van der Waals surface area contributed by atoms with Gasteiger partial charge in [-0.25, -0.2) is 0 Å². The second kappa shape index (κ2) is 3.40. The molecule has 1 aromatic rings. The quantitative estimate of drug-likeness (QED) is 0.705. The predicted octanol–water partition coefficient (Wildman–Crippen LogP) is 1.56. The molecule has 68 valence electrons. The number of aromatic nitrogens is 2. The number of hydrogen-bond donors (Lipinski definition) is 1. The Morgan fingerprint density at radius 3 is 2.69 bits per heavy atom. The summed E-state index contributed by atoms with van der Waals surface area (Å²) < 4.78 is 0. The normalized spacial score (nSPS) is 10.6. The highest BCUT2D eigenvalue weighted by Gasteiger charge is 2.12. The molecule has 0 aliphatic rings. The molecule has 1 aromatic heterocycles. The maximum atomic E-state index is 8.76. The minimum absolute atomic E-state index is 0.109. The second-order valence-electron chi connectivity index (χ2n) is 3.78. The monoisotopic (exact) mass is 176 g/mol. The molecule has 4 nitrogen and oxygen atoms in total. The van der Waals surface area contributed by atoms with Crippen LogP contribution in [0.2, 0.25) is 0 Å². The number of nitriles is 1. The molecule has 0 fully saturated rings. The van der Waals surface area contributed by atoms with E-state index in [2.05, 4.69) is 21.6 Å². The lowest BCUT2D eigenvalue weighted by Crippen LogP contribution is -2.27. The fourth-order valence-electron chi connectivity index (χ4n) is 0.869. The van der Waals surface area contributed by atoms with E-state index in [0.717, 1.165) is 0 Å². The third-order valence-corrected chi connectivity index (χ3v) is 1.33. The van der Waals surface area contributed by atoms with Crippen molar-refractivity contribution >= 4 is 5.82 Å². The largest absolute Gasteiger partial charge is 0.363 e. The van der Waals surface area contributed by atoms with Crippen molar-refractivity contribution in [1.82, 2.24) is 10.2 Å². The van der Waals surface area contributed by atoms with Crippen LogP contribution in [0.3, 0.4) is 0 Å². The Kier molecular flexibility index (Phi) is 2.47. The molecule has 0 spiro atoms. The van der Waals surface area contributed by atoms with E-state index in [9.17, 15) is 0 Å². The Bertz CT molecular complexity index is 332. The van der Waals surface area contributed by atoms with E-state index >= 15 is 0 Å². The number of rotatable bonds is 1. The van der Waals surface area contributed by atoms with Gasteiger partial charge in [0.2, 0.25) is 0 Å². The summed E-state index contributed by atoms with van der Waals surface area (Å²) in [6.45, 7) is 6.01. The highest BCUT2D eigenvalue weighted by molar-refractivity contribution is 5.51. The molecule has 0 aromatic carbocycles. The standard InChI is InChI=1S/C9H12N4/c1-9(2,3)12-8-7(6-10)4-5-11-13-8/h4-5H,1-3H3,(H,12,13). The molecular formula is C9H12N4. The Morgan fingerprint density at radius 2 is 2.15 bits per heavy atom. The van der Waals surface area contributed by atoms with Crippen molar-refractivity contribution < 1.29 is 0 Å². The fraction of sp³-hybridized carbons (Fsp3) is 0.444. The van der Waals surface area contributed by atoms with Crippen LogP contribution in [0.25, 0.3) is 0 Å². The van der Waals surface area contributed by atoms with E-state index in [0.29, 0.717) is 11.4 Å². The Morgan fingerprint density at radius 1 is 1.46 bits per heavy atom. The van der Waals surface area contributed by atoms with E-state index in [1.165, 1.54) is 6.20 Å². The second-order valence-corrected chi connectivity index (χ2v) is 3.78. The molecule has 0 aliphatic heterocycles. The van der Waals surface area contributed by atoms with Gasteiger partial charge in [0.15, 0.2) is 5.82 Å². The first-order valence-corrected chi connectivity index (χ1v) is 4.03. The highest BCUT2D eigenvalue weighted by Crippen LogP contribution is 2.14. The number of nitrogens with zero attached hydrogens (tertiary/aromatic N) is 3. The van der Waals surface area contributed by atoms with Gasteiger partial charge < -0.3 is 5.32 Å². The zero-order valence-corrected chi connectivity index (χ0v) is 8.00. The molecule has 0 aliphatic carbocycles. The predicted molar refractivity (Wildman–Crippen MR) is 50.1 cm³/mol. The van der Waals surface area contributed by atoms with Crippen LogP contribution >= 0.6 is 0 Å². The molecule has 0 saturated carbocycles. The zero-order valence-electron chi connectivity index (χ0n) is 8.00. The van der Waals surface area contributed by atoms with Crippen LogP contribution in [0.15, 0.2) is 12.3 Å².